The highest BCUT2D eigenvalue weighted by molar-refractivity contribution is 14.1. The zero-order valence-electron chi connectivity index (χ0n) is 16.3. The van der Waals surface area contributed by atoms with E-state index in [0.29, 0.717) is 11.2 Å². The second-order valence-corrected chi connectivity index (χ2v) is 9.55. The van der Waals surface area contributed by atoms with Crippen LogP contribution in [0.4, 0.5) is 11.4 Å². The van der Waals surface area contributed by atoms with Gasteiger partial charge in [0.15, 0.2) is 0 Å². The van der Waals surface area contributed by atoms with E-state index in [9.17, 15) is 13.2 Å². The summed E-state index contributed by atoms with van der Waals surface area (Å²) in [6.45, 7) is 1.85. The van der Waals surface area contributed by atoms with Gasteiger partial charge in [-0.2, -0.15) is 0 Å². The number of hydrogen-bond donors (Lipinski definition) is 2. The van der Waals surface area contributed by atoms with Crippen molar-refractivity contribution in [2.24, 2.45) is 0 Å². The number of anilines is 2. The van der Waals surface area contributed by atoms with Crippen LogP contribution in [0.2, 0.25) is 0 Å². The van der Waals surface area contributed by atoms with E-state index in [1.54, 1.807) is 36.4 Å². The van der Waals surface area contributed by atoms with Gasteiger partial charge in [-0.1, -0.05) is 24.3 Å². The third-order valence-electron chi connectivity index (χ3n) is 4.52. The van der Waals surface area contributed by atoms with Crippen LogP contribution in [0.5, 0.6) is 0 Å². The molecule has 0 saturated heterocycles. The van der Waals surface area contributed by atoms with Gasteiger partial charge in [0.05, 0.1) is 22.5 Å². The van der Waals surface area contributed by atoms with E-state index in [1.165, 1.54) is 18.5 Å². The first kappa shape index (κ1) is 21.2. The van der Waals surface area contributed by atoms with Crippen LogP contribution >= 0.6 is 22.6 Å². The maximum absolute atomic E-state index is 13.2. The van der Waals surface area contributed by atoms with Gasteiger partial charge < -0.3 is 5.32 Å². The molecule has 7 nitrogen and oxygen atoms in total. The number of fused-ring (bicyclic) bond motifs is 1. The van der Waals surface area contributed by atoms with Crippen LogP contribution < -0.4 is 10.0 Å². The van der Waals surface area contributed by atoms with E-state index in [1.807, 2.05) is 19.1 Å². The Balaban J connectivity index is 1.72. The van der Waals surface area contributed by atoms with Crippen LogP contribution in [-0.2, 0) is 10.0 Å². The smallest absolute Gasteiger partial charge is 0.264 e. The van der Waals surface area contributed by atoms with E-state index in [-0.39, 0.29) is 21.7 Å². The second-order valence-electron chi connectivity index (χ2n) is 6.66. The molecule has 0 saturated carbocycles. The predicted octanol–water partition coefficient (Wildman–Crippen LogP) is 4.40. The summed E-state index contributed by atoms with van der Waals surface area (Å²) in [5.41, 5.74) is 2.44. The molecule has 4 rings (SSSR count). The zero-order chi connectivity index (χ0) is 22.0. The summed E-state index contributed by atoms with van der Waals surface area (Å²) < 4.78 is 29.7. The van der Waals surface area contributed by atoms with Gasteiger partial charge in [0, 0.05) is 22.0 Å². The molecular formula is C22H16IN4O3S. The summed E-state index contributed by atoms with van der Waals surface area (Å²) >= 11 is 2.06. The summed E-state index contributed by atoms with van der Waals surface area (Å²) in [6, 6.07) is 18.0. The Hall–Kier alpha value is -3.05. The SMILES string of the molecule is Cc1ccc[c]c1NC(=O)c1ccc(I)cc1NS(=O)(=O)c1cccc2nccnc12. The quantitative estimate of drug-likeness (QED) is 0.364. The van der Waals surface area contributed by atoms with Crippen molar-refractivity contribution in [1.82, 2.24) is 9.97 Å². The van der Waals surface area contributed by atoms with Crippen LogP contribution in [0.3, 0.4) is 0 Å². The number of aryl methyl sites for hydroxylation is 1. The number of halogens is 1. The fraction of sp³-hybridized carbons (Fsp3) is 0.0455. The average molecular weight is 543 g/mol. The molecule has 3 aromatic carbocycles. The van der Waals surface area contributed by atoms with Crippen molar-refractivity contribution in [3.63, 3.8) is 0 Å². The van der Waals surface area contributed by atoms with Gasteiger partial charge in [-0.05, 0) is 65.4 Å². The van der Waals surface area contributed by atoms with Crippen molar-refractivity contribution in [2.75, 3.05) is 10.0 Å². The Morgan fingerprint density at radius 3 is 2.68 bits per heavy atom. The maximum Gasteiger partial charge on any atom is 0.264 e. The Morgan fingerprint density at radius 1 is 1.06 bits per heavy atom. The van der Waals surface area contributed by atoms with E-state index in [2.05, 4.69) is 48.7 Å². The van der Waals surface area contributed by atoms with Crippen molar-refractivity contribution in [1.29, 1.82) is 0 Å². The third kappa shape index (κ3) is 4.52. The van der Waals surface area contributed by atoms with Gasteiger partial charge in [0.1, 0.15) is 10.4 Å². The summed E-state index contributed by atoms with van der Waals surface area (Å²) in [6.07, 6.45) is 2.93. The molecule has 9 heteroatoms. The van der Waals surface area contributed by atoms with Gasteiger partial charge in [-0.15, -0.1) is 0 Å². The zero-order valence-corrected chi connectivity index (χ0v) is 19.2. The van der Waals surface area contributed by atoms with Gasteiger partial charge in [-0.25, -0.2) is 8.42 Å². The van der Waals surface area contributed by atoms with Crippen LogP contribution in [0.25, 0.3) is 11.0 Å². The summed E-state index contributed by atoms with van der Waals surface area (Å²) in [4.78, 5) is 21.2. The fourth-order valence-corrected chi connectivity index (χ4v) is 4.75. The van der Waals surface area contributed by atoms with Crippen molar-refractivity contribution in [2.45, 2.75) is 11.8 Å². The van der Waals surface area contributed by atoms with Gasteiger partial charge in [-0.3, -0.25) is 19.5 Å². The molecule has 0 unspecified atom stereocenters. The highest BCUT2D eigenvalue weighted by atomic mass is 127. The largest absolute Gasteiger partial charge is 0.321 e. The monoisotopic (exact) mass is 543 g/mol. The molecule has 0 atom stereocenters. The molecule has 1 amide bonds. The number of nitrogens with zero attached hydrogens (tertiary/aromatic N) is 2. The number of carbonyl (C=O) groups excluding carboxylic acids is 1. The number of amides is 1. The minimum absolute atomic E-state index is 0.0180. The molecule has 155 valence electrons. The first-order valence-corrected chi connectivity index (χ1v) is 11.7. The lowest BCUT2D eigenvalue weighted by molar-refractivity contribution is 0.102. The Labute approximate surface area is 193 Å². The first-order chi connectivity index (χ1) is 14.8. The third-order valence-corrected chi connectivity index (χ3v) is 6.59. The summed E-state index contributed by atoms with van der Waals surface area (Å²) in [5, 5.41) is 2.79. The number of carbonyl (C=O) groups is 1. The average Bonchev–Trinajstić information content (AvgIpc) is 2.74. The molecule has 0 spiro atoms. The van der Waals surface area contributed by atoms with E-state index >= 15 is 0 Å². The van der Waals surface area contributed by atoms with Crippen molar-refractivity contribution in [3.8, 4) is 0 Å². The van der Waals surface area contributed by atoms with Crippen LogP contribution in [0, 0.1) is 16.6 Å². The molecule has 2 N–H and O–H groups in total. The lowest BCUT2D eigenvalue weighted by Crippen LogP contribution is -2.19. The van der Waals surface area contributed by atoms with Crippen molar-refractivity contribution in [3.05, 3.63) is 87.8 Å². The molecule has 0 fully saturated rings. The topological polar surface area (TPSA) is 101 Å². The minimum atomic E-state index is -4.04. The molecule has 1 heterocycles. The predicted molar refractivity (Wildman–Crippen MR) is 127 cm³/mol. The Kier molecular flexibility index (Phi) is 5.88. The van der Waals surface area contributed by atoms with Gasteiger partial charge >= 0.3 is 0 Å². The van der Waals surface area contributed by atoms with Crippen LogP contribution in [0.1, 0.15) is 15.9 Å². The maximum atomic E-state index is 13.2. The Morgan fingerprint density at radius 2 is 1.87 bits per heavy atom. The number of sulfonamides is 1. The number of benzene rings is 3. The number of para-hydroxylation sites is 2. The van der Waals surface area contributed by atoms with E-state index < -0.39 is 15.9 Å². The molecule has 1 aromatic heterocycles. The molecule has 0 aliphatic carbocycles. The lowest BCUT2D eigenvalue weighted by atomic mass is 10.1. The molecule has 1 radical (unpaired) electrons. The first-order valence-electron chi connectivity index (χ1n) is 9.16. The molecular weight excluding hydrogens is 527 g/mol. The molecule has 0 aliphatic heterocycles. The van der Waals surface area contributed by atoms with Gasteiger partial charge in [0.2, 0.25) is 0 Å². The normalized spacial score (nSPS) is 11.3. The standard InChI is InChI=1S/C22H16IN4O3S/c1-14-5-2-3-6-17(14)26-22(28)16-10-9-15(23)13-19(16)27-31(29,30)20-8-4-7-18-21(20)25-12-11-24-18/h2-5,7-13,27H,1H3,(H,26,28). The summed E-state index contributed by atoms with van der Waals surface area (Å²) in [5.74, 6) is -0.447. The highest BCUT2D eigenvalue weighted by Gasteiger charge is 2.22. The number of rotatable bonds is 5. The van der Waals surface area contributed by atoms with E-state index in [4.69, 9.17) is 0 Å². The second kappa shape index (κ2) is 8.60. The van der Waals surface area contributed by atoms with E-state index in [0.717, 1.165) is 9.13 Å². The minimum Gasteiger partial charge on any atom is -0.321 e. The highest BCUT2D eigenvalue weighted by Crippen LogP contribution is 2.26. The van der Waals surface area contributed by atoms with Crippen molar-refractivity contribution < 1.29 is 13.2 Å². The Bertz CT molecular complexity index is 1400. The number of hydrogen-bond acceptors (Lipinski definition) is 5. The molecule has 0 aliphatic rings. The molecule has 4 aromatic rings. The number of aromatic nitrogens is 2. The van der Waals surface area contributed by atoms with Crippen molar-refractivity contribution >= 4 is 60.9 Å². The number of nitrogens with one attached hydrogen (secondary N) is 2. The van der Waals surface area contributed by atoms with Gasteiger partial charge in [0.25, 0.3) is 15.9 Å². The van der Waals surface area contributed by atoms with Crippen LogP contribution in [-0.4, -0.2) is 24.3 Å². The molecule has 31 heavy (non-hydrogen) atoms. The van der Waals surface area contributed by atoms with Crippen LogP contribution in [0.15, 0.2) is 71.9 Å². The lowest BCUT2D eigenvalue weighted by Gasteiger charge is -2.14. The fourth-order valence-electron chi connectivity index (χ4n) is 3.02. The summed E-state index contributed by atoms with van der Waals surface area (Å²) in [7, 11) is -4.04. The molecule has 0 bridgehead atoms.